The Morgan fingerprint density at radius 1 is 1.08 bits per heavy atom. The fourth-order valence-electron chi connectivity index (χ4n) is 2.42. The summed E-state index contributed by atoms with van der Waals surface area (Å²) in [4.78, 5) is 0. The number of benzene rings is 1. The Hall–Kier alpha value is -1.82. The largest absolute Gasteiger partial charge is 0.435 e. The molecule has 1 aromatic carbocycles. The molecular weight excluding hydrogens is 315 g/mol. The lowest BCUT2D eigenvalue weighted by molar-refractivity contribution is -0.141. The molecule has 0 amide bonds. The Morgan fingerprint density at radius 3 is 2.21 bits per heavy atom. The first-order chi connectivity index (χ1) is 11.1. The molecule has 132 valence electrons. The zero-order chi connectivity index (χ0) is 18.0. The molecule has 0 atom stereocenters. The van der Waals surface area contributed by atoms with Crippen LogP contribution in [0.2, 0.25) is 0 Å². The quantitative estimate of drug-likeness (QED) is 0.823. The topological polar surface area (TPSA) is 29.9 Å². The van der Waals surface area contributed by atoms with Gasteiger partial charge in [-0.3, -0.25) is 4.68 Å². The second-order valence-corrected chi connectivity index (χ2v) is 7.02. The smallest absolute Gasteiger partial charge is 0.311 e. The minimum atomic E-state index is -4.39. The zero-order valence-electron chi connectivity index (χ0n) is 14.5. The van der Waals surface area contributed by atoms with Crippen molar-refractivity contribution in [2.75, 3.05) is 6.54 Å². The highest BCUT2D eigenvalue weighted by molar-refractivity contribution is 5.27. The van der Waals surface area contributed by atoms with E-state index in [0.717, 1.165) is 11.6 Å². The average molecular weight is 339 g/mol. The Kier molecular flexibility index (Phi) is 5.38. The van der Waals surface area contributed by atoms with E-state index in [2.05, 4.69) is 55.5 Å². The normalized spacial score (nSPS) is 12.6. The Balaban J connectivity index is 1.84. The molecule has 1 heterocycles. The van der Waals surface area contributed by atoms with Crippen molar-refractivity contribution >= 4 is 0 Å². The van der Waals surface area contributed by atoms with Crippen LogP contribution in [0.1, 0.15) is 43.3 Å². The third kappa shape index (κ3) is 4.84. The van der Waals surface area contributed by atoms with Gasteiger partial charge in [0, 0.05) is 18.8 Å². The molecule has 1 N–H and O–H groups in total. The van der Waals surface area contributed by atoms with Gasteiger partial charge in [0.1, 0.15) is 0 Å². The van der Waals surface area contributed by atoms with Gasteiger partial charge in [-0.25, -0.2) is 0 Å². The highest BCUT2D eigenvalue weighted by atomic mass is 19.4. The summed E-state index contributed by atoms with van der Waals surface area (Å²) in [6, 6.07) is 9.46. The first-order valence-electron chi connectivity index (χ1n) is 7.99. The standard InChI is InChI=1S/C18H24F3N3/c1-13-11-16(18(19,20)21)23-24(13)10-9-22-12-14-5-7-15(8-6-14)17(2,3)4/h5-8,11,22H,9-10,12H2,1-4H3. The van der Waals surface area contributed by atoms with Gasteiger partial charge in [-0.05, 0) is 29.5 Å². The molecule has 2 aromatic rings. The molecule has 6 heteroatoms. The molecule has 0 radical (unpaired) electrons. The number of aryl methyl sites for hydroxylation is 1. The second kappa shape index (κ2) is 6.97. The monoisotopic (exact) mass is 339 g/mol. The maximum atomic E-state index is 12.6. The van der Waals surface area contributed by atoms with Gasteiger partial charge in [0.25, 0.3) is 0 Å². The van der Waals surface area contributed by atoms with Crippen molar-refractivity contribution in [3.63, 3.8) is 0 Å². The molecule has 0 fully saturated rings. The minimum Gasteiger partial charge on any atom is -0.311 e. The zero-order valence-corrected chi connectivity index (χ0v) is 14.5. The van der Waals surface area contributed by atoms with E-state index in [-0.39, 0.29) is 5.41 Å². The van der Waals surface area contributed by atoms with E-state index in [9.17, 15) is 13.2 Å². The second-order valence-electron chi connectivity index (χ2n) is 7.02. The highest BCUT2D eigenvalue weighted by Crippen LogP contribution is 2.28. The van der Waals surface area contributed by atoms with Gasteiger partial charge >= 0.3 is 6.18 Å². The SMILES string of the molecule is Cc1cc(C(F)(F)F)nn1CCNCc1ccc(C(C)(C)C)cc1. The van der Waals surface area contributed by atoms with E-state index >= 15 is 0 Å². The fourth-order valence-corrected chi connectivity index (χ4v) is 2.42. The van der Waals surface area contributed by atoms with Crippen LogP contribution in [0.4, 0.5) is 13.2 Å². The van der Waals surface area contributed by atoms with E-state index in [1.54, 1.807) is 6.92 Å². The third-order valence-corrected chi connectivity index (χ3v) is 3.92. The molecule has 1 aromatic heterocycles. The molecule has 0 spiro atoms. The summed E-state index contributed by atoms with van der Waals surface area (Å²) in [5.74, 6) is 0. The number of nitrogens with zero attached hydrogens (tertiary/aromatic N) is 2. The van der Waals surface area contributed by atoms with Gasteiger partial charge in [0.15, 0.2) is 5.69 Å². The fraction of sp³-hybridized carbons (Fsp3) is 0.500. The van der Waals surface area contributed by atoms with Crippen LogP contribution in [0.5, 0.6) is 0 Å². The maximum absolute atomic E-state index is 12.6. The number of hydrogen-bond donors (Lipinski definition) is 1. The molecule has 0 bridgehead atoms. The van der Waals surface area contributed by atoms with Crippen LogP contribution in [0, 0.1) is 6.92 Å². The molecule has 24 heavy (non-hydrogen) atoms. The summed E-state index contributed by atoms with van der Waals surface area (Å²) in [6.07, 6.45) is -4.39. The van der Waals surface area contributed by atoms with Gasteiger partial charge < -0.3 is 5.32 Å². The van der Waals surface area contributed by atoms with Crippen LogP contribution in [0.3, 0.4) is 0 Å². The van der Waals surface area contributed by atoms with Gasteiger partial charge in [-0.2, -0.15) is 18.3 Å². The van der Waals surface area contributed by atoms with Crippen molar-refractivity contribution in [1.82, 2.24) is 15.1 Å². The molecule has 0 saturated heterocycles. The minimum absolute atomic E-state index is 0.125. The van der Waals surface area contributed by atoms with Crippen molar-refractivity contribution in [1.29, 1.82) is 0 Å². The lowest BCUT2D eigenvalue weighted by Crippen LogP contribution is -2.21. The highest BCUT2D eigenvalue weighted by Gasteiger charge is 2.34. The number of hydrogen-bond acceptors (Lipinski definition) is 2. The van der Waals surface area contributed by atoms with E-state index in [4.69, 9.17) is 0 Å². The van der Waals surface area contributed by atoms with Gasteiger partial charge in [0.2, 0.25) is 0 Å². The molecule has 0 unspecified atom stereocenters. The molecular formula is C18H24F3N3. The average Bonchev–Trinajstić information content (AvgIpc) is 2.85. The number of nitrogens with one attached hydrogen (secondary N) is 1. The summed E-state index contributed by atoms with van der Waals surface area (Å²) < 4.78 is 39.2. The van der Waals surface area contributed by atoms with Crippen molar-refractivity contribution < 1.29 is 13.2 Å². The molecule has 0 saturated carbocycles. The Bertz CT molecular complexity index is 664. The first-order valence-corrected chi connectivity index (χ1v) is 7.99. The summed E-state index contributed by atoms with van der Waals surface area (Å²) in [5, 5.41) is 6.86. The van der Waals surface area contributed by atoms with Crippen molar-refractivity contribution in [3.8, 4) is 0 Å². The number of alkyl halides is 3. The van der Waals surface area contributed by atoms with E-state index in [1.165, 1.54) is 10.2 Å². The van der Waals surface area contributed by atoms with Gasteiger partial charge in [-0.1, -0.05) is 45.0 Å². The van der Waals surface area contributed by atoms with Crippen molar-refractivity contribution in [3.05, 3.63) is 52.8 Å². The van der Waals surface area contributed by atoms with Crippen molar-refractivity contribution in [2.24, 2.45) is 0 Å². The molecule has 0 aliphatic rings. The summed E-state index contributed by atoms with van der Waals surface area (Å²) in [5.41, 5.74) is 2.23. The van der Waals surface area contributed by atoms with Crippen LogP contribution >= 0.6 is 0 Å². The third-order valence-electron chi connectivity index (χ3n) is 3.92. The van der Waals surface area contributed by atoms with Gasteiger partial charge in [-0.15, -0.1) is 0 Å². The lowest BCUT2D eigenvalue weighted by atomic mass is 9.87. The van der Waals surface area contributed by atoms with Crippen LogP contribution in [0.15, 0.2) is 30.3 Å². The van der Waals surface area contributed by atoms with E-state index < -0.39 is 11.9 Å². The van der Waals surface area contributed by atoms with E-state index in [0.29, 0.717) is 25.3 Å². The Morgan fingerprint density at radius 2 is 1.71 bits per heavy atom. The summed E-state index contributed by atoms with van der Waals surface area (Å²) in [6.45, 7) is 9.78. The molecule has 3 nitrogen and oxygen atoms in total. The van der Waals surface area contributed by atoms with Crippen LogP contribution in [-0.4, -0.2) is 16.3 Å². The van der Waals surface area contributed by atoms with Crippen LogP contribution in [0.25, 0.3) is 0 Å². The van der Waals surface area contributed by atoms with E-state index in [1.807, 2.05) is 0 Å². The maximum Gasteiger partial charge on any atom is 0.435 e. The summed E-state index contributed by atoms with van der Waals surface area (Å²) in [7, 11) is 0. The Labute approximate surface area is 140 Å². The molecule has 0 aliphatic carbocycles. The first kappa shape index (κ1) is 18.5. The molecule has 2 rings (SSSR count). The lowest BCUT2D eigenvalue weighted by Gasteiger charge is -2.19. The van der Waals surface area contributed by atoms with Gasteiger partial charge in [0.05, 0.1) is 6.54 Å². The van der Waals surface area contributed by atoms with Crippen LogP contribution in [-0.2, 0) is 24.7 Å². The molecule has 0 aliphatic heterocycles. The number of rotatable bonds is 5. The van der Waals surface area contributed by atoms with Crippen molar-refractivity contribution in [2.45, 2.75) is 52.4 Å². The number of aromatic nitrogens is 2. The van der Waals surface area contributed by atoms with Crippen LogP contribution < -0.4 is 5.32 Å². The predicted molar refractivity (Wildman–Crippen MR) is 88.8 cm³/mol. The number of halogens is 3. The predicted octanol–water partition coefficient (Wildman–Crippen LogP) is 4.30. The summed E-state index contributed by atoms with van der Waals surface area (Å²) >= 11 is 0.